The minimum atomic E-state index is -0.776. The first-order chi connectivity index (χ1) is 8.52. The van der Waals surface area contributed by atoms with Gasteiger partial charge in [0.2, 0.25) is 0 Å². The molecule has 0 saturated heterocycles. The highest BCUT2D eigenvalue weighted by Gasteiger charge is 2.33. The van der Waals surface area contributed by atoms with Crippen molar-refractivity contribution in [1.82, 2.24) is 0 Å². The number of ether oxygens (including phenoxy) is 1. The van der Waals surface area contributed by atoms with E-state index in [4.69, 9.17) is 4.74 Å². The summed E-state index contributed by atoms with van der Waals surface area (Å²) < 4.78 is 6.28. The molecule has 1 aliphatic carbocycles. The molecule has 3 nitrogen and oxygen atoms in total. The Hall–Kier alpha value is -0.870. The number of ketones is 1. The van der Waals surface area contributed by atoms with E-state index >= 15 is 0 Å². The quantitative estimate of drug-likeness (QED) is 0.933. The Kier molecular flexibility index (Phi) is 4.07. The second kappa shape index (κ2) is 5.41. The minimum Gasteiger partial charge on any atom is -0.496 e. The van der Waals surface area contributed by atoms with Crippen molar-refractivity contribution in [3.05, 3.63) is 28.2 Å². The average molecular weight is 313 g/mol. The molecule has 0 amide bonds. The van der Waals surface area contributed by atoms with Crippen LogP contribution in [0.5, 0.6) is 5.75 Å². The highest BCUT2D eigenvalue weighted by atomic mass is 79.9. The summed E-state index contributed by atoms with van der Waals surface area (Å²) in [6.07, 6.45) is 2.57. The molecule has 0 aromatic heterocycles. The van der Waals surface area contributed by atoms with Crippen LogP contribution in [0.25, 0.3) is 0 Å². The van der Waals surface area contributed by atoms with Gasteiger partial charge in [-0.25, -0.2) is 0 Å². The van der Waals surface area contributed by atoms with E-state index in [0.29, 0.717) is 32.1 Å². The van der Waals surface area contributed by atoms with Crippen LogP contribution >= 0.6 is 15.9 Å². The van der Waals surface area contributed by atoms with E-state index in [0.717, 1.165) is 15.8 Å². The molecule has 1 aromatic rings. The highest BCUT2D eigenvalue weighted by Crippen LogP contribution is 2.33. The van der Waals surface area contributed by atoms with E-state index in [1.807, 2.05) is 18.2 Å². The van der Waals surface area contributed by atoms with E-state index < -0.39 is 5.60 Å². The molecule has 0 atom stereocenters. The number of hydrogen-bond acceptors (Lipinski definition) is 3. The van der Waals surface area contributed by atoms with Gasteiger partial charge in [0.25, 0.3) is 0 Å². The van der Waals surface area contributed by atoms with Gasteiger partial charge in [-0.1, -0.05) is 15.9 Å². The fraction of sp³-hybridized carbons (Fsp3) is 0.500. The van der Waals surface area contributed by atoms with Crippen molar-refractivity contribution in [3.63, 3.8) is 0 Å². The van der Waals surface area contributed by atoms with E-state index in [-0.39, 0.29) is 5.78 Å². The number of rotatable bonds is 3. The Balaban J connectivity index is 2.17. The number of halogens is 1. The Morgan fingerprint density at radius 3 is 2.67 bits per heavy atom. The van der Waals surface area contributed by atoms with Gasteiger partial charge in [0.15, 0.2) is 0 Å². The van der Waals surface area contributed by atoms with Crippen molar-refractivity contribution >= 4 is 21.7 Å². The maximum Gasteiger partial charge on any atom is 0.133 e. The van der Waals surface area contributed by atoms with E-state index in [1.165, 1.54) is 0 Å². The summed E-state index contributed by atoms with van der Waals surface area (Å²) in [6.45, 7) is 0. The first kappa shape index (κ1) is 13.6. The van der Waals surface area contributed by atoms with Gasteiger partial charge in [0.1, 0.15) is 11.5 Å². The molecular weight excluding hydrogens is 296 g/mol. The molecule has 0 bridgehead atoms. The van der Waals surface area contributed by atoms with Gasteiger partial charge in [0.05, 0.1) is 12.7 Å². The van der Waals surface area contributed by atoms with Gasteiger partial charge in [-0.15, -0.1) is 0 Å². The predicted molar refractivity (Wildman–Crippen MR) is 72.8 cm³/mol. The molecule has 0 unspecified atom stereocenters. The average Bonchev–Trinajstić information content (AvgIpc) is 2.34. The maximum atomic E-state index is 11.2. The van der Waals surface area contributed by atoms with Gasteiger partial charge in [-0.2, -0.15) is 0 Å². The van der Waals surface area contributed by atoms with Crippen molar-refractivity contribution in [2.45, 2.75) is 37.7 Å². The van der Waals surface area contributed by atoms with Crippen LogP contribution in [-0.2, 0) is 11.2 Å². The number of aliphatic hydroxyl groups is 1. The Labute approximate surface area is 115 Å². The van der Waals surface area contributed by atoms with Crippen molar-refractivity contribution in [3.8, 4) is 5.75 Å². The van der Waals surface area contributed by atoms with Crippen LogP contribution in [0, 0.1) is 0 Å². The summed E-state index contributed by atoms with van der Waals surface area (Å²) in [6, 6.07) is 5.76. The first-order valence-electron chi connectivity index (χ1n) is 6.09. The van der Waals surface area contributed by atoms with E-state index in [1.54, 1.807) is 7.11 Å². The minimum absolute atomic E-state index is 0.251. The predicted octanol–water partition coefficient (Wildman–Crippen LogP) is 2.87. The summed E-state index contributed by atoms with van der Waals surface area (Å²) in [4.78, 5) is 11.2. The van der Waals surface area contributed by atoms with Gasteiger partial charge in [-0.05, 0) is 36.6 Å². The number of benzene rings is 1. The smallest absolute Gasteiger partial charge is 0.133 e. The molecule has 1 saturated carbocycles. The van der Waals surface area contributed by atoms with Crippen molar-refractivity contribution < 1.29 is 14.6 Å². The maximum absolute atomic E-state index is 11.2. The standard InChI is InChI=1S/C14H17BrO3/c1-18-13-3-2-11(15)8-10(13)9-14(17)6-4-12(16)5-7-14/h2-3,8,17H,4-7,9H2,1H3. The lowest BCUT2D eigenvalue weighted by atomic mass is 9.80. The summed E-state index contributed by atoms with van der Waals surface area (Å²) in [5.74, 6) is 1.03. The molecule has 0 spiro atoms. The van der Waals surface area contributed by atoms with E-state index in [2.05, 4.69) is 15.9 Å². The largest absolute Gasteiger partial charge is 0.496 e. The van der Waals surface area contributed by atoms with Crippen LogP contribution in [0.3, 0.4) is 0 Å². The molecule has 1 fully saturated rings. The number of hydrogen-bond donors (Lipinski definition) is 1. The van der Waals surface area contributed by atoms with Gasteiger partial charge in [-0.3, -0.25) is 4.79 Å². The fourth-order valence-electron chi connectivity index (χ4n) is 2.41. The SMILES string of the molecule is COc1ccc(Br)cc1CC1(O)CCC(=O)CC1. The van der Waals surface area contributed by atoms with E-state index in [9.17, 15) is 9.90 Å². The van der Waals surface area contributed by atoms with Crippen molar-refractivity contribution in [2.75, 3.05) is 7.11 Å². The number of carbonyl (C=O) groups is 1. The van der Waals surface area contributed by atoms with Gasteiger partial charge < -0.3 is 9.84 Å². The zero-order chi connectivity index (χ0) is 13.2. The van der Waals surface area contributed by atoms with Crippen molar-refractivity contribution in [1.29, 1.82) is 0 Å². The zero-order valence-corrected chi connectivity index (χ0v) is 12.0. The molecular formula is C14H17BrO3. The van der Waals surface area contributed by atoms with Crippen molar-refractivity contribution in [2.24, 2.45) is 0 Å². The van der Waals surface area contributed by atoms with Gasteiger partial charge in [0, 0.05) is 23.7 Å². The van der Waals surface area contributed by atoms with Crippen LogP contribution in [0.2, 0.25) is 0 Å². The molecule has 18 heavy (non-hydrogen) atoms. The number of methoxy groups -OCH3 is 1. The molecule has 2 rings (SSSR count). The van der Waals surface area contributed by atoms with Crippen LogP contribution in [0.4, 0.5) is 0 Å². The third-order valence-corrected chi connectivity index (χ3v) is 3.99. The lowest BCUT2D eigenvalue weighted by molar-refractivity contribution is -0.125. The van der Waals surface area contributed by atoms with Gasteiger partial charge >= 0.3 is 0 Å². The molecule has 0 radical (unpaired) electrons. The molecule has 1 N–H and O–H groups in total. The second-order valence-electron chi connectivity index (χ2n) is 4.90. The third kappa shape index (κ3) is 3.12. The van der Waals surface area contributed by atoms with Crippen LogP contribution < -0.4 is 4.74 Å². The molecule has 98 valence electrons. The summed E-state index contributed by atoms with van der Waals surface area (Å²) in [7, 11) is 1.63. The Bertz CT molecular complexity index is 446. The number of Topliss-reactive ketones (excluding diaryl/α,β-unsaturated/α-hetero) is 1. The lowest BCUT2D eigenvalue weighted by Crippen LogP contribution is -2.36. The topological polar surface area (TPSA) is 46.5 Å². The zero-order valence-electron chi connectivity index (χ0n) is 10.4. The van der Waals surface area contributed by atoms with Crippen LogP contribution in [0.1, 0.15) is 31.2 Å². The van der Waals surface area contributed by atoms with Crippen LogP contribution in [-0.4, -0.2) is 23.6 Å². The molecule has 0 heterocycles. The second-order valence-corrected chi connectivity index (χ2v) is 5.81. The first-order valence-corrected chi connectivity index (χ1v) is 6.88. The summed E-state index contributed by atoms with van der Waals surface area (Å²) >= 11 is 3.43. The Morgan fingerprint density at radius 1 is 1.39 bits per heavy atom. The molecule has 0 aliphatic heterocycles. The summed E-state index contributed by atoms with van der Waals surface area (Å²) in [5.41, 5.74) is 0.200. The normalized spacial score (nSPS) is 18.7. The number of carbonyl (C=O) groups excluding carboxylic acids is 1. The Morgan fingerprint density at radius 2 is 2.06 bits per heavy atom. The lowest BCUT2D eigenvalue weighted by Gasteiger charge is -2.32. The molecule has 1 aliphatic rings. The molecule has 1 aromatic carbocycles. The highest BCUT2D eigenvalue weighted by molar-refractivity contribution is 9.10. The third-order valence-electron chi connectivity index (χ3n) is 3.50. The van der Waals surface area contributed by atoms with Crippen LogP contribution in [0.15, 0.2) is 22.7 Å². The summed E-state index contributed by atoms with van der Waals surface area (Å²) in [5, 5.41) is 10.5. The molecule has 4 heteroatoms. The monoisotopic (exact) mass is 312 g/mol. The fourth-order valence-corrected chi connectivity index (χ4v) is 2.82.